The number of likely N-dealkylation sites (tertiary alicyclic amines) is 1. The molecule has 0 radical (unpaired) electrons. The van der Waals surface area contributed by atoms with Crippen LogP contribution in [0.5, 0.6) is 0 Å². The van der Waals surface area contributed by atoms with Crippen LogP contribution in [0.2, 0.25) is 0 Å². The van der Waals surface area contributed by atoms with Crippen molar-refractivity contribution in [3.63, 3.8) is 0 Å². The quantitative estimate of drug-likeness (QED) is 0.541. The second-order valence-electron chi connectivity index (χ2n) is 7.48. The van der Waals surface area contributed by atoms with Crippen LogP contribution in [0.1, 0.15) is 26.2 Å². The van der Waals surface area contributed by atoms with Gasteiger partial charge in [-0.25, -0.2) is 0 Å². The van der Waals surface area contributed by atoms with Crippen molar-refractivity contribution < 1.29 is 9.59 Å². The Morgan fingerprint density at radius 3 is 1.90 bits per heavy atom. The molecule has 5 aliphatic carbocycles. The number of carbonyl (C=O) groups excluding carboxylic acids is 2. The van der Waals surface area contributed by atoms with Gasteiger partial charge in [0.05, 0.1) is 11.8 Å². The standard InChI is InChI=1S/C17H21NO2/c1-2-18-16(19)14-10-7-11(15(14)17(18)20)13-9-4-3-8(5-6-9)12(10)13/h3-4,8-15H,2,5-7H2,1H3. The van der Waals surface area contributed by atoms with Gasteiger partial charge in [0.15, 0.2) is 0 Å². The number of allylic oxidation sites excluding steroid dienone is 2. The highest BCUT2D eigenvalue weighted by molar-refractivity contribution is 6.06. The van der Waals surface area contributed by atoms with E-state index in [1.54, 1.807) is 4.90 Å². The highest BCUT2D eigenvalue weighted by Crippen LogP contribution is 2.68. The lowest BCUT2D eigenvalue weighted by molar-refractivity contribution is -0.140. The number of imide groups is 1. The van der Waals surface area contributed by atoms with E-state index in [1.165, 1.54) is 12.8 Å². The molecule has 0 N–H and O–H groups in total. The van der Waals surface area contributed by atoms with Crippen LogP contribution < -0.4 is 0 Å². The fourth-order valence-electron chi connectivity index (χ4n) is 6.67. The summed E-state index contributed by atoms with van der Waals surface area (Å²) in [6.07, 6.45) is 8.60. The van der Waals surface area contributed by atoms with Crippen molar-refractivity contribution >= 4 is 11.8 Å². The molecule has 0 aromatic carbocycles. The first-order valence-electron chi connectivity index (χ1n) is 8.26. The zero-order chi connectivity index (χ0) is 13.6. The largest absolute Gasteiger partial charge is 0.282 e. The number of hydrogen-bond acceptors (Lipinski definition) is 2. The number of amides is 2. The third-order valence-electron chi connectivity index (χ3n) is 7.13. The number of fused-ring (bicyclic) bond motifs is 6. The molecule has 2 amide bonds. The molecule has 8 atom stereocenters. The Kier molecular flexibility index (Phi) is 2.05. The monoisotopic (exact) mass is 271 g/mol. The topological polar surface area (TPSA) is 37.4 Å². The Morgan fingerprint density at radius 2 is 1.50 bits per heavy atom. The number of rotatable bonds is 1. The average molecular weight is 271 g/mol. The van der Waals surface area contributed by atoms with Crippen LogP contribution in [-0.2, 0) is 9.59 Å². The van der Waals surface area contributed by atoms with Crippen molar-refractivity contribution in [2.24, 2.45) is 47.3 Å². The maximum Gasteiger partial charge on any atom is 0.233 e. The summed E-state index contributed by atoms with van der Waals surface area (Å²) >= 11 is 0. The molecule has 1 saturated heterocycles. The minimum Gasteiger partial charge on any atom is -0.282 e. The third kappa shape index (κ3) is 1.08. The van der Waals surface area contributed by atoms with Crippen LogP contribution in [0.4, 0.5) is 0 Å². The van der Waals surface area contributed by atoms with Gasteiger partial charge in [0.25, 0.3) is 0 Å². The summed E-state index contributed by atoms with van der Waals surface area (Å²) in [4.78, 5) is 26.7. The smallest absolute Gasteiger partial charge is 0.233 e. The highest BCUT2D eigenvalue weighted by Gasteiger charge is 2.69. The summed E-state index contributed by atoms with van der Waals surface area (Å²) < 4.78 is 0. The van der Waals surface area contributed by atoms with Crippen molar-refractivity contribution in [3.05, 3.63) is 12.2 Å². The molecule has 106 valence electrons. The SMILES string of the molecule is CCN1C(=O)C2C3CC(C2C1=O)C1C2C=CC(CC2)C31. The van der Waals surface area contributed by atoms with Crippen molar-refractivity contribution in [3.8, 4) is 0 Å². The molecule has 4 fully saturated rings. The number of nitrogens with zero attached hydrogens (tertiary/aromatic N) is 1. The molecule has 3 saturated carbocycles. The molecule has 6 aliphatic rings. The van der Waals surface area contributed by atoms with Crippen LogP contribution in [-0.4, -0.2) is 23.3 Å². The lowest BCUT2D eigenvalue weighted by atomic mass is 9.54. The molecule has 3 heteroatoms. The summed E-state index contributed by atoms with van der Waals surface area (Å²) in [6, 6.07) is 0. The van der Waals surface area contributed by atoms with Crippen molar-refractivity contribution in [1.29, 1.82) is 0 Å². The Morgan fingerprint density at radius 1 is 1.00 bits per heavy atom. The Labute approximate surface area is 119 Å². The molecule has 1 aliphatic heterocycles. The molecular weight excluding hydrogens is 250 g/mol. The second-order valence-corrected chi connectivity index (χ2v) is 7.48. The van der Waals surface area contributed by atoms with Crippen LogP contribution in [0, 0.1) is 47.3 Å². The van der Waals surface area contributed by atoms with Gasteiger partial charge >= 0.3 is 0 Å². The zero-order valence-corrected chi connectivity index (χ0v) is 11.9. The van der Waals surface area contributed by atoms with Crippen LogP contribution in [0.3, 0.4) is 0 Å². The fourth-order valence-corrected chi connectivity index (χ4v) is 6.67. The molecule has 4 bridgehead atoms. The minimum atomic E-state index is 0.0430. The summed E-state index contributed by atoms with van der Waals surface area (Å²) in [5, 5.41) is 0. The Balaban J connectivity index is 1.58. The highest BCUT2D eigenvalue weighted by atomic mass is 16.2. The van der Waals surface area contributed by atoms with E-state index in [0.717, 1.165) is 6.42 Å². The predicted octanol–water partition coefficient (Wildman–Crippen LogP) is 2.09. The number of carbonyl (C=O) groups is 2. The van der Waals surface area contributed by atoms with Gasteiger partial charge in [-0.05, 0) is 61.7 Å². The molecular formula is C17H21NO2. The van der Waals surface area contributed by atoms with Crippen molar-refractivity contribution in [2.75, 3.05) is 6.54 Å². The van der Waals surface area contributed by atoms with E-state index in [9.17, 15) is 9.59 Å². The molecule has 3 nitrogen and oxygen atoms in total. The first-order chi connectivity index (χ1) is 9.72. The molecule has 6 rings (SSSR count). The van der Waals surface area contributed by atoms with E-state index < -0.39 is 0 Å². The first-order valence-corrected chi connectivity index (χ1v) is 8.26. The summed E-state index contributed by atoms with van der Waals surface area (Å²) in [7, 11) is 0. The minimum absolute atomic E-state index is 0.0430. The molecule has 20 heavy (non-hydrogen) atoms. The van der Waals surface area contributed by atoms with Gasteiger partial charge in [-0.1, -0.05) is 12.2 Å². The van der Waals surface area contributed by atoms with Crippen molar-refractivity contribution in [2.45, 2.75) is 26.2 Å². The molecule has 0 spiro atoms. The van der Waals surface area contributed by atoms with Crippen LogP contribution in [0.25, 0.3) is 0 Å². The van der Waals surface area contributed by atoms with E-state index in [2.05, 4.69) is 12.2 Å². The van der Waals surface area contributed by atoms with E-state index in [-0.39, 0.29) is 23.7 Å². The zero-order valence-electron chi connectivity index (χ0n) is 11.9. The van der Waals surface area contributed by atoms with Gasteiger partial charge in [0.1, 0.15) is 0 Å². The Bertz CT molecular complexity index is 495. The van der Waals surface area contributed by atoms with Crippen LogP contribution in [0.15, 0.2) is 12.2 Å². The van der Waals surface area contributed by atoms with E-state index >= 15 is 0 Å². The van der Waals surface area contributed by atoms with Gasteiger partial charge in [-0.3, -0.25) is 14.5 Å². The lowest BCUT2D eigenvalue weighted by Gasteiger charge is -2.49. The Hall–Kier alpha value is -1.12. The normalized spacial score (nSPS) is 54.8. The van der Waals surface area contributed by atoms with Gasteiger partial charge in [0, 0.05) is 6.54 Å². The maximum absolute atomic E-state index is 12.6. The third-order valence-corrected chi connectivity index (χ3v) is 7.13. The van der Waals surface area contributed by atoms with Gasteiger partial charge in [0.2, 0.25) is 11.8 Å². The summed E-state index contributed by atoms with van der Waals surface area (Å²) in [5.74, 6) is 4.19. The molecule has 0 aromatic heterocycles. The van der Waals surface area contributed by atoms with E-state index in [1.807, 2.05) is 6.92 Å². The molecule has 8 unspecified atom stereocenters. The van der Waals surface area contributed by atoms with E-state index in [4.69, 9.17) is 0 Å². The average Bonchev–Trinajstić information content (AvgIpc) is 3.12. The van der Waals surface area contributed by atoms with Gasteiger partial charge in [-0.2, -0.15) is 0 Å². The molecule has 0 aromatic rings. The van der Waals surface area contributed by atoms with Crippen molar-refractivity contribution in [1.82, 2.24) is 4.90 Å². The van der Waals surface area contributed by atoms with Gasteiger partial charge in [-0.15, -0.1) is 0 Å². The van der Waals surface area contributed by atoms with Gasteiger partial charge < -0.3 is 0 Å². The van der Waals surface area contributed by atoms with Crippen LogP contribution >= 0.6 is 0 Å². The fraction of sp³-hybridized carbons (Fsp3) is 0.765. The predicted molar refractivity (Wildman–Crippen MR) is 73.3 cm³/mol. The summed E-state index contributed by atoms with van der Waals surface area (Å²) in [6.45, 7) is 2.49. The lowest BCUT2D eigenvalue weighted by Crippen LogP contribution is -2.46. The summed E-state index contributed by atoms with van der Waals surface area (Å²) in [5.41, 5.74) is 0. The maximum atomic E-state index is 12.6. The van der Waals surface area contributed by atoms with E-state index in [0.29, 0.717) is 42.1 Å². The second kappa shape index (κ2) is 3.55. The molecule has 1 heterocycles. The first kappa shape index (κ1) is 11.5. The number of hydrogen-bond donors (Lipinski definition) is 0.